The van der Waals surface area contributed by atoms with Gasteiger partial charge in [0.15, 0.2) is 0 Å². The van der Waals surface area contributed by atoms with Gasteiger partial charge >= 0.3 is 0 Å². The number of benzene rings is 1. The minimum Gasteiger partial charge on any atom is -0.383 e. The number of hydrogen-bond acceptors (Lipinski definition) is 3. The summed E-state index contributed by atoms with van der Waals surface area (Å²) in [6.07, 6.45) is 0. The van der Waals surface area contributed by atoms with Crippen LogP contribution in [0.25, 0.3) is 11.1 Å². The molecule has 18 heavy (non-hydrogen) atoms. The fraction of sp³-hybridized carbons (Fsp3) is 0.200. The minimum atomic E-state index is 0.303. The molecule has 2 aromatic rings. The molecule has 0 spiro atoms. The molecule has 2 N–H and O–H groups in total. The summed E-state index contributed by atoms with van der Waals surface area (Å²) < 4.78 is 0. The van der Waals surface area contributed by atoms with E-state index >= 15 is 0 Å². The van der Waals surface area contributed by atoms with Crippen LogP contribution in [-0.4, -0.2) is 4.98 Å². The van der Waals surface area contributed by atoms with E-state index in [-0.39, 0.29) is 0 Å². The van der Waals surface area contributed by atoms with Crippen LogP contribution < -0.4 is 5.73 Å². The van der Waals surface area contributed by atoms with Gasteiger partial charge in [-0.3, -0.25) is 0 Å². The number of rotatable bonds is 1. The molecule has 1 aromatic heterocycles. The summed E-state index contributed by atoms with van der Waals surface area (Å²) in [5.41, 5.74) is 11.2. The van der Waals surface area contributed by atoms with E-state index in [9.17, 15) is 5.26 Å². The Morgan fingerprint density at radius 3 is 2.56 bits per heavy atom. The maximum Gasteiger partial charge on any atom is 0.142 e. The van der Waals surface area contributed by atoms with E-state index in [4.69, 9.17) is 5.73 Å². The first-order chi connectivity index (χ1) is 8.54. The van der Waals surface area contributed by atoms with Crippen LogP contribution >= 0.6 is 0 Å². The third-order valence-corrected chi connectivity index (χ3v) is 3.13. The van der Waals surface area contributed by atoms with Crippen molar-refractivity contribution in [3.63, 3.8) is 0 Å². The van der Waals surface area contributed by atoms with Crippen molar-refractivity contribution in [2.75, 3.05) is 5.73 Å². The highest BCUT2D eigenvalue weighted by Crippen LogP contribution is 2.31. The monoisotopic (exact) mass is 237 g/mol. The van der Waals surface area contributed by atoms with Gasteiger partial charge < -0.3 is 5.73 Å². The number of aromatic nitrogens is 1. The quantitative estimate of drug-likeness (QED) is 0.828. The second-order valence-corrected chi connectivity index (χ2v) is 4.44. The minimum absolute atomic E-state index is 0.303. The Bertz CT molecular complexity index is 652. The van der Waals surface area contributed by atoms with Gasteiger partial charge in [0.2, 0.25) is 0 Å². The molecule has 0 saturated carbocycles. The van der Waals surface area contributed by atoms with E-state index in [1.807, 2.05) is 39.0 Å². The van der Waals surface area contributed by atoms with Crippen LogP contribution in [-0.2, 0) is 0 Å². The molecule has 90 valence electrons. The molecule has 0 aliphatic rings. The predicted octanol–water partition coefficient (Wildman–Crippen LogP) is 3.13. The van der Waals surface area contributed by atoms with Crippen LogP contribution in [0.3, 0.4) is 0 Å². The van der Waals surface area contributed by atoms with Crippen LogP contribution in [0.15, 0.2) is 24.3 Å². The summed E-state index contributed by atoms with van der Waals surface area (Å²) >= 11 is 0. The summed E-state index contributed by atoms with van der Waals surface area (Å²) in [7, 11) is 0. The van der Waals surface area contributed by atoms with Gasteiger partial charge in [-0.1, -0.05) is 29.8 Å². The third kappa shape index (κ3) is 1.93. The third-order valence-electron chi connectivity index (χ3n) is 3.13. The van der Waals surface area contributed by atoms with Gasteiger partial charge in [0.05, 0.1) is 0 Å². The van der Waals surface area contributed by atoms with Crippen LogP contribution in [0.2, 0.25) is 0 Å². The van der Waals surface area contributed by atoms with E-state index < -0.39 is 0 Å². The van der Waals surface area contributed by atoms with E-state index in [1.165, 1.54) is 0 Å². The molecule has 0 fully saturated rings. The first-order valence-corrected chi connectivity index (χ1v) is 5.78. The lowest BCUT2D eigenvalue weighted by atomic mass is 9.94. The average Bonchev–Trinajstić information content (AvgIpc) is 2.33. The molecule has 1 heterocycles. The Morgan fingerprint density at radius 1 is 1.22 bits per heavy atom. The van der Waals surface area contributed by atoms with Gasteiger partial charge in [-0.05, 0) is 31.9 Å². The Balaban J connectivity index is 2.82. The van der Waals surface area contributed by atoms with Gasteiger partial charge in [0.1, 0.15) is 17.5 Å². The molecule has 0 bridgehead atoms. The fourth-order valence-corrected chi connectivity index (χ4v) is 2.09. The average molecular weight is 237 g/mol. The molecule has 3 nitrogen and oxygen atoms in total. The number of pyridine rings is 1. The summed E-state index contributed by atoms with van der Waals surface area (Å²) in [6, 6.07) is 10.2. The molecule has 0 unspecified atom stereocenters. The van der Waals surface area contributed by atoms with Gasteiger partial charge in [-0.2, -0.15) is 5.26 Å². The molecule has 0 aliphatic carbocycles. The predicted molar refractivity (Wildman–Crippen MR) is 73.0 cm³/mol. The fourth-order valence-electron chi connectivity index (χ4n) is 2.09. The van der Waals surface area contributed by atoms with Crippen LogP contribution in [0.1, 0.15) is 22.4 Å². The lowest BCUT2D eigenvalue weighted by molar-refractivity contribution is 1.15. The van der Waals surface area contributed by atoms with Crippen molar-refractivity contribution in [2.45, 2.75) is 20.8 Å². The Hall–Kier alpha value is -2.34. The smallest absolute Gasteiger partial charge is 0.142 e. The number of nitriles is 1. The van der Waals surface area contributed by atoms with Gasteiger partial charge in [-0.25, -0.2) is 4.98 Å². The highest BCUT2D eigenvalue weighted by atomic mass is 14.8. The normalized spacial score (nSPS) is 10.1. The van der Waals surface area contributed by atoms with E-state index in [1.54, 1.807) is 0 Å². The molecular formula is C15H15N3. The second-order valence-electron chi connectivity index (χ2n) is 4.44. The Kier molecular flexibility index (Phi) is 3.03. The number of anilines is 1. The van der Waals surface area contributed by atoms with Crippen LogP contribution in [0.4, 0.5) is 5.82 Å². The standard InChI is InChI=1S/C15H15N3/c1-9-5-4-6-12(7-9)14-10(2)11(3)18-15(17)13(14)8-16/h4-7H,1-3H3,(H2,17,18). The molecule has 0 saturated heterocycles. The number of hydrogen-bond donors (Lipinski definition) is 1. The van der Waals surface area contributed by atoms with Crippen LogP contribution in [0.5, 0.6) is 0 Å². The van der Waals surface area contributed by atoms with E-state index in [0.717, 1.165) is 27.9 Å². The van der Waals surface area contributed by atoms with Crippen molar-refractivity contribution < 1.29 is 0 Å². The van der Waals surface area contributed by atoms with Crippen molar-refractivity contribution in [1.29, 1.82) is 5.26 Å². The van der Waals surface area contributed by atoms with Crippen molar-refractivity contribution in [3.05, 3.63) is 46.6 Å². The molecule has 2 rings (SSSR count). The largest absolute Gasteiger partial charge is 0.383 e. The summed E-state index contributed by atoms with van der Waals surface area (Å²) in [6.45, 7) is 5.91. The lowest BCUT2D eigenvalue weighted by Gasteiger charge is -2.13. The van der Waals surface area contributed by atoms with Gasteiger partial charge in [-0.15, -0.1) is 0 Å². The van der Waals surface area contributed by atoms with Gasteiger partial charge in [0.25, 0.3) is 0 Å². The maximum atomic E-state index is 9.28. The number of nitrogen functional groups attached to an aromatic ring is 1. The molecule has 0 radical (unpaired) electrons. The maximum absolute atomic E-state index is 9.28. The zero-order valence-corrected chi connectivity index (χ0v) is 10.8. The second kappa shape index (κ2) is 4.50. The number of nitrogens with two attached hydrogens (primary N) is 1. The number of aryl methyl sites for hydroxylation is 2. The molecule has 0 amide bonds. The van der Waals surface area contributed by atoms with Crippen molar-refractivity contribution >= 4 is 5.82 Å². The van der Waals surface area contributed by atoms with Crippen molar-refractivity contribution in [3.8, 4) is 17.2 Å². The summed E-state index contributed by atoms with van der Waals surface area (Å²) in [5, 5.41) is 9.28. The Morgan fingerprint density at radius 2 is 1.94 bits per heavy atom. The Labute approximate surface area is 107 Å². The highest BCUT2D eigenvalue weighted by Gasteiger charge is 2.15. The first-order valence-electron chi connectivity index (χ1n) is 5.78. The summed E-state index contributed by atoms with van der Waals surface area (Å²) in [4.78, 5) is 4.21. The summed E-state index contributed by atoms with van der Waals surface area (Å²) in [5.74, 6) is 0.303. The molecule has 0 atom stereocenters. The van der Waals surface area contributed by atoms with E-state index in [0.29, 0.717) is 11.4 Å². The van der Waals surface area contributed by atoms with Gasteiger partial charge in [0, 0.05) is 11.3 Å². The highest BCUT2D eigenvalue weighted by molar-refractivity contribution is 5.79. The topological polar surface area (TPSA) is 62.7 Å². The van der Waals surface area contributed by atoms with E-state index in [2.05, 4.69) is 17.1 Å². The van der Waals surface area contributed by atoms with Crippen LogP contribution in [0, 0.1) is 32.1 Å². The zero-order chi connectivity index (χ0) is 13.3. The molecule has 1 aromatic carbocycles. The first kappa shape index (κ1) is 12.1. The molecule has 0 aliphatic heterocycles. The SMILES string of the molecule is Cc1cccc(-c2c(C)c(C)nc(N)c2C#N)c1. The molecule has 3 heteroatoms. The molecular weight excluding hydrogens is 222 g/mol. The lowest BCUT2D eigenvalue weighted by Crippen LogP contribution is -2.03. The zero-order valence-electron chi connectivity index (χ0n) is 10.8. The number of nitrogens with zero attached hydrogens (tertiary/aromatic N) is 2. The van der Waals surface area contributed by atoms with Crippen molar-refractivity contribution in [2.24, 2.45) is 0 Å². The van der Waals surface area contributed by atoms with Crippen molar-refractivity contribution in [1.82, 2.24) is 4.98 Å².